The molecule has 0 saturated heterocycles. The van der Waals surface area contributed by atoms with Crippen LogP contribution in [0.1, 0.15) is 35.7 Å². The van der Waals surface area contributed by atoms with Crippen molar-refractivity contribution < 1.29 is 9.53 Å². The summed E-state index contributed by atoms with van der Waals surface area (Å²) in [5.74, 6) is 1.11. The summed E-state index contributed by atoms with van der Waals surface area (Å²) < 4.78 is 5.42. The van der Waals surface area contributed by atoms with Gasteiger partial charge in [-0.15, -0.1) is 0 Å². The minimum absolute atomic E-state index is 0.0127. The average Bonchev–Trinajstić information content (AvgIpc) is 2.23. The zero-order valence-corrected chi connectivity index (χ0v) is 9.04. The molecule has 15 heavy (non-hydrogen) atoms. The van der Waals surface area contributed by atoms with Crippen molar-refractivity contribution in [2.24, 2.45) is 0 Å². The maximum Gasteiger partial charge on any atom is 0.195 e. The molecule has 0 aliphatic carbocycles. The van der Waals surface area contributed by atoms with Crippen LogP contribution in [0.25, 0.3) is 0 Å². The lowest BCUT2D eigenvalue weighted by molar-refractivity contribution is 0.1000. The van der Waals surface area contributed by atoms with E-state index in [1.807, 2.05) is 18.2 Å². The summed E-state index contributed by atoms with van der Waals surface area (Å²) in [5.41, 5.74) is 2.33. The molecule has 2 nitrogen and oxygen atoms in total. The van der Waals surface area contributed by atoms with Gasteiger partial charge in [-0.25, -0.2) is 0 Å². The maximum atomic E-state index is 11.8. The lowest BCUT2D eigenvalue weighted by Gasteiger charge is -2.19. The molecule has 78 valence electrons. The Balaban J connectivity index is 2.50. The molecule has 1 aromatic rings. The van der Waals surface area contributed by atoms with E-state index < -0.39 is 0 Å². The average molecular weight is 202 g/mol. The molecule has 2 heteroatoms. The summed E-state index contributed by atoms with van der Waals surface area (Å²) in [7, 11) is 0. The fraction of sp³-hybridized carbons (Fsp3) is 0.308. The number of rotatable bonds is 1. The van der Waals surface area contributed by atoms with Gasteiger partial charge in [0.1, 0.15) is 12.4 Å². The van der Waals surface area contributed by atoms with Crippen molar-refractivity contribution in [2.45, 2.75) is 19.8 Å². The van der Waals surface area contributed by atoms with Gasteiger partial charge in [0.25, 0.3) is 0 Å². The van der Waals surface area contributed by atoms with Crippen molar-refractivity contribution >= 4 is 5.78 Å². The molecule has 0 spiro atoms. The second-order valence-electron chi connectivity index (χ2n) is 4.13. The van der Waals surface area contributed by atoms with Crippen molar-refractivity contribution in [3.05, 3.63) is 41.5 Å². The van der Waals surface area contributed by atoms with Crippen LogP contribution in [0.2, 0.25) is 0 Å². The van der Waals surface area contributed by atoms with Crippen LogP contribution in [0, 0.1) is 0 Å². The van der Waals surface area contributed by atoms with Crippen LogP contribution in [0.5, 0.6) is 5.75 Å². The summed E-state index contributed by atoms with van der Waals surface area (Å²) >= 11 is 0. The minimum atomic E-state index is 0.0127. The first-order valence-electron chi connectivity index (χ1n) is 5.09. The zero-order valence-electron chi connectivity index (χ0n) is 9.04. The van der Waals surface area contributed by atoms with Crippen molar-refractivity contribution in [1.29, 1.82) is 0 Å². The third kappa shape index (κ3) is 1.67. The summed E-state index contributed by atoms with van der Waals surface area (Å²) in [6.07, 6.45) is 0. The molecule has 1 aliphatic rings. The van der Waals surface area contributed by atoms with Gasteiger partial charge in [-0.3, -0.25) is 4.79 Å². The van der Waals surface area contributed by atoms with Gasteiger partial charge in [0.15, 0.2) is 5.78 Å². The smallest absolute Gasteiger partial charge is 0.195 e. The van der Waals surface area contributed by atoms with Crippen molar-refractivity contribution in [2.75, 3.05) is 6.61 Å². The zero-order chi connectivity index (χ0) is 11.0. The molecule has 0 aromatic heterocycles. The quantitative estimate of drug-likeness (QED) is 0.654. The van der Waals surface area contributed by atoms with Crippen molar-refractivity contribution in [3.8, 4) is 5.75 Å². The van der Waals surface area contributed by atoms with E-state index >= 15 is 0 Å². The molecule has 0 atom stereocenters. The second kappa shape index (κ2) is 3.54. The number of carbonyl (C=O) groups excluding carboxylic acids is 1. The molecule has 1 aliphatic heterocycles. The highest BCUT2D eigenvalue weighted by Gasteiger charge is 2.22. The third-order valence-electron chi connectivity index (χ3n) is 2.64. The topological polar surface area (TPSA) is 26.3 Å². The van der Waals surface area contributed by atoms with E-state index in [1.54, 1.807) is 0 Å². The molecule has 0 unspecified atom stereocenters. The fourth-order valence-electron chi connectivity index (χ4n) is 1.63. The van der Waals surface area contributed by atoms with Crippen molar-refractivity contribution in [1.82, 2.24) is 0 Å². The Kier molecular flexibility index (Phi) is 2.35. The lowest BCUT2D eigenvalue weighted by atomic mass is 9.95. The predicted octanol–water partition coefficient (Wildman–Crippen LogP) is 2.94. The standard InChI is InChI=1S/C13H14O2/c1-8(2)10-4-5-12-11(6-10)13(14)9(3)7-15-12/h4-6,8H,3,7H2,1-2H3. The molecular formula is C13H14O2. The molecule has 0 saturated carbocycles. The third-order valence-corrected chi connectivity index (χ3v) is 2.64. The largest absolute Gasteiger partial charge is 0.488 e. The van der Waals surface area contributed by atoms with Crippen LogP contribution in [-0.2, 0) is 0 Å². The van der Waals surface area contributed by atoms with Crippen LogP contribution in [0.15, 0.2) is 30.4 Å². The van der Waals surface area contributed by atoms with Gasteiger partial charge >= 0.3 is 0 Å². The van der Waals surface area contributed by atoms with Gasteiger partial charge < -0.3 is 4.74 Å². The number of hydrogen-bond acceptors (Lipinski definition) is 2. The maximum absolute atomic E-state index is 11.8. The number of fused-ring (bicyclic) bond motifs is 1. The Labute approximate surface area is 89.6 Å². The Morgan fingerprint density at radius 1 is 1.40 bits per heavy atom. The Morgan fingerprint density at radius 2 is 2.13 bits per heavy atom. The van der Waals surface area contributed by atoms with E-state index in [4.69, 9.17) is 4.74 Å². The van der Waals surface area contributed by atoms with Gasteiger partial charge in [0, 0.05) is 5.57 Å². The molecular weight excluding hydrogens is 188 g/mol. The Hall–Kier alpha value is -1.57. The molecule has 2 rings (SSSR count). The van der Waals surface area contributed by atoms with E-state index in [2.05, 4.69) is 20.4 Å². The SMILES string of the molecule is C=C1COc2ccc(C(C)C)cc2C1=O. The first-order valence-corrected chi connectivity index (χ1v) is 5.09. The van der Waals surface area contributed by atoms with Gasteiger partial charge in [-0.05, 0) is 23.6 Å². The van der Waals surface area contributed by atoms with Gasteiger partial charge in [-0.1, -0.05) is 26.5 Å². The van der Waals surface area contributed by atoms with E-state index in [-0.39, 0.29) is 5.78 Å². The summed E-state index contributed by atoms with van der Waals surface area (Å²) in [4.78, 5) is 11.8. The molecule has 1 aromatic carbocycles. The number of carbonyl (C=O) groups is 1. The summed E-state index contributed by atoms with van der Waals surface area (Å²) in [5, 5.41) is 0. The Morgan fingerprint density at radius 3 is 2.80 bits per heavy atom. The van der Waals surface area contributed by atoms with Crippen LogP contribution in [0.3, 0.4) is 0 Å². The highest BCUT2D eigenvalue weighted by molar-refractivity contribution is 6.11. The number of benzene rings is 1. The van der Waals surface area contributed by atoms with Crippen LogP contribution < -0.4 is 4.74 Å². The molecule has 0 fully saturated rings. The molecule has 0 radical (unpaired) electrons. The normalized spacial score (nSPS) is 15.1. The first-order chi connectivity index (χ1) is 7.09. The number of ketones is 1. The highest BCUT2D eigenvalue weighted by Crippen LogP contribution is 2.29. The summed E-state index contributed by atoms with van der Waals surface area (Å²) in [6, 6.07) is 5.78. The number of ether oxygens (including phenoxy) is 1. The predicted molar refractivity (Wildman–Crippen MR) is 59.5 cm³/mol. The number of Topliss-reactive ketones (excluding diaryl/α,β-unsaturated/α-hetero) is 1. The van der Waals surface area contributed by atoms with Crippen molar-refractivity contribution in [3.63, 3.8) is 0 Å². The molecule has 0 N–H and O–H groups in total. The van der Waals surface area contributed by atoms with Gasteiger partial charge in [-0.2, -0.15) is 0 Å². The monoisotopic (exact) mass is 202 g/mol. The van der Waals surface area contributed by atoms with Gasteiger partial charge in [0.2, 0.25) is 0 Å². The molecule has 0 amide bonds. The van der Waals surface area contributed by atoms with Gasteiger partial charge in [0.05, 0.1) is 5.56 Å². The number of hydrogen-bond donors (Lipinski definition) is 0. The van der Waals surface area contributed by atoms with Crippen LogP contribution >= 0.6 is 0 Å². The van der Waals surface area contributed by atoms with E-state index in [0.717, 1.165) is 5.56 Å². The second-order valence-corrected chi connectivity index (χ2v) is 4.13. The van der Waals surface area contributed by atoms with Crippen LogP contribution in [0.4, 0.5) is 0 Å². The molecule has 1 heterocycles. The van der Waals surface area contributed by atoms with Crippen LogP contribution in [-0.4, -0.2) is 12.4 Å². The first kappa shape index (κ1) is 9.97. The highest BCUT2D eigenvalue weighted by atomic mass is 16.5. The minimum Gasteiger partial charge on any atom is -0.488 e. The Bertz CT molecular complexity index is 430. The van der Waals surface area contributed by atoms with E-state index in [0.29, 0.717) is 29.4 Å². The fourth-order valence-corrected chi connectivity index (χ4v) is 1.63. The lowest BCUT2D eigenvalue weighted by Crippen LogP contribution is -2.18. The molecule has 0 bridgehead atoms. The van der Waals surface area contributed by atoms with E-state index in [9.17, 15) is 4.79 Å². The summed E-state index contributed by atoms with van der Waals surface area (Å²) in [6.45, 7) is 8.21. The van der Waals surface area contributed by atoms with E-state index in [1.165, 1.54) is 0 Å².